The summed E-state index contributed by atoms with van der Waals surface area (Å²) in [4.78, 5) is 44.3. The fourth-order valence-electron chi connectivity index (χ4n) is 5.19. The number of nitrogens with zero attached hydrogens (tertiary/aromatic N) is 2. The lowest BCUT2D eigenvalue weighted by molar-refractivity contribution is -0.146. The Balaban J connectivity index is 1.38. The molecule has 1 saturated heterocycles. The van der Waals surface area contributed by atoms with Crippen LogP contribution >= 0.6 is 0 Å². The Morgan fingerprint density at radius 3 is 2.79 bits per heavy atom. The Hall–Kier alpha value is -3.42. The summed E-state index contributed by atoms with van der Waals surface area (Å²) < 4.78 is 0. The van der Waals surface area contributed by atoms with Crippen LogP contribution in [0, 0.1) is 5.92 Å². The second kappa shape index (κ2) is 7.86. The van der Waals surface area contributed by atoms with Gasteiger partial charge in [-0.25, -0.2) is 4.98 Å². The number of rotatable bonds is 3. The normalized spacial score (nSPS) is 22.6. The Labute approximate surface area is 192 Å². The van der Waals surface area contributed by atoms with Crippen LogP contribution in [0.1, 0.15) is 62.3 Å². The first-order valence-electron chi connectivity index (χ1n) is 11.6. The standard InChI is InChI=1S/C25H29N5O3/c1-3-15-10-17(12-27-21(15)26)28-22(31)23(32)30-13-14(2)4-7-20(30)16-5-6-18-19(11-16)29-24(33)25(18)8-9-25/h5-6,10-12,14,20H,3-4,7-9,13H2,1-2H3,(H2,26,27)(H,28,31)(H,29,33)/t14-,20?/m0/s1. The summed E-state index contributed by atoms with van der Waals surface area (Å²) >= 11 is 0. The molecule has 172 valence electrons. The van der Waals surface area contributed by atoms with Crippen LogP contribution in [0.2, 0.25) is 0 Å². The molecule has 3 aliphatic rings. The molecule has 1 spiro atoms. The number of likely N-dealkylation sites (tertiary alicyclic amines) is 1. The minimum Gasteiger partial charge on any atom is -0.383 e. The summed E-state index contributed by atoms with van der Waals surface area (Å²) in [7, 11) is 0. The van der Waals surface area contributed by atoms with Crippen LogP contribution in [-0.2, 0) is 26.2 Å². The lowest BCUT2D eigenvalue weighted by atomic mass is 9.88. The molecule has 2 aromatic rings. The number of piperidine rings is 1. The van der Waals surface area contributed by atoms with E-state index in [0.29, 0.717) is 30.4 Å². The van der Waals surface area contributed by atoms with E-state index in [0.717, 1.165) is 48.1 Å². The van der Waals surface area contributed by atoms with Crippen molar-refractivity contribution < 1.29 is 14.4 Å². The van der Waals surface area contributed by atoms with Gasteiger partial charge >= 0.3 is 11.8 Å². The van der Waals surface area contributed by atoms with Crippen molar-refractivity contribution in [3.05, 3.63) is 47.2 Å². The third kappa shape index (κ3) is 3.63. The number of fused-ring (bicyclic) bond motifs is 2. The first-order chi connectivity index (χ1) is 15.8. The van der Waals surface area contributed by atoms with Crippen LogP contribution in [0.4, 0.5) is 17.2 Å². The summed E-state index contributed by atoms with van der Waals surface area (Å²) in [6, 6.07) is 7.54. The van der Waals surface area contributed by atoms with E-state index in [2.05, 4.69) is 22.5 Å². The van der Waals surface area contributed by atoms with Crippen LogP contribution in [-0.4, -0.2) is 34.2 Å². The van der Waals surface area contributed by atoms with Crippen molar-refractivity contribution in [2.24, 2.45) is 5.92 Å². The van der Waals surface area contributed by atoms with E-state index in [1.165, 1.54) is 6.20 Å². The molecule has 4 N–H and O–H groups in total. The van der Waals surface area contributed by atoms with Crippen LogP contribution < -0.4 is 16.4 Å². The van der Waals surface area contributed by atoms with Gasteiger partial charge in [-0.2, -0.15) is 0 Å². The molecular formula is C25H29N5O3. The van der Waals surface area contributed by atoms with Crippen LogP contribution in [0.5, 0.6) is 0 Å². The van der Waals surface area contributed by atoms with Crippen molar-refractivity contribution in [3.8, 4) is 0 Å². The van der Waals surface area contributed by atoms with Gasteiger partial charge in [0.05, 0.1) is 23.3 Å². The lowest BCUT2D eigenvalue weighted by Gasteiger charge is -2.38. The molecule has 3 heterocycles. The predicted molar refractivity (Wildman–Crippen MR) is 125 cm³/mol. The number of amides is 3. The van der Waals surface area contributed by atoms with Crippen molar-refractivity contribution >= 4 is 34.9 Å². The van der Waals surface area contributed by atoms with Crippen molar-refractivity contribution in [2.75, 3.05) is 22.9 Å². The van der Waals surface area contributed by atoms with Gasteiger partial charge in [0.2, 0.25) is 5.91 Å². The predicted octanol–water partition coefficient (Wildman–Crippen LogP) is 3.15. The van der Waals surface area contributed by atoms with Gasteiger partial charge in [0.1, 0.15) is 5.82 Å². The van der Waals surface area contributed by atoms with Crippen LogP contribution in [0.3, 0.4) is 0 Å². The van der Waals surface area contributed by atoms with Crippen LogP contribution in [0.25, 0.3) is 0 Å². The zero-order valence-electron chi connectivity index (χ0n) is 19.0. The lowest BCUT2D eigenvalue weighted by Crippen LogP contribution is -2.46. The molecule has 2 aliphatic heterocycles. The van der Waals surface area contributed by atoms with Gasteiger partial charge < -0.3 is 21.3 Å². The van der Waals surface area contributed by atoms with E-state index in [1.54, 1.807) is 11.0 Å². The van der Waals surface area contributed by atoms with Crippen molar-refractivity contribution in [1.82, 2.24) is 9.88 Å². The van der Waals surface area contributed by atoms with E-state index in [1.807, 2.05) is 25.1 Å². The second-order valence-corrected chi connectivity index (χ2v) is 9.57. The monoisotopic (exact) mass is 447 g/mol. The number of nitrogens with two attached hydrogens (primary N) is 1. The molecule has 1 saturated carbocycles. The SMILES string of the molecule is CCc1cc(NC(=O)C(=O)N2C[C@@H](C)CCC2c2ccc3c(c2)NC(=O)C32CC2)cnc1N. The summed E-state index contributed by atoms with van der Waals surface area (Å²) in [5, 5.41) is 5.70. The number of pyridine rings is 1. The number of benzene rings is 1. The number of hydrogen-bond acceptors (Lipinski definition) is 5. The molecule has 1 unspecified atom stereocenters. The van der Waals surface area contributed by atoms with Crippen LogP contribution in [0.15, 0.2) is 30.5 Å². The summed E-state index contributed by atoms with van der Waals surface area (Å²) in [5.74, 6) is -0.461. The highest BCUT2D eigenvalue weighted by Gasteiger charge is 2.56. The fourth-order valence-corrected chi connectivity index (χ4v) is 5.19. The maximum Gasteiger partial charge on any atom is 0.313 e. The van der Waals surface area contributed by atoms with Gasteiger partial charge in [0, 0.05) is 12.2 Å². The molecule has 5 rings (SSSR count). The third-order valence-corrected chi connectivity index (χ3v) is 7.29. The molecule has 0 bridgehead atoms. The van der Waals surface area contributed by atoms with Gasteiger partial charge in [-0.3, -0.25) is 14.4 Å². The number of nitrogens with one attached hydrogen (secondary N) is 2. The molecule has 1 aliphatic carbocycles. The quantitative estimate of drug-likeness (QED) is 0.625. The first kappa shape index (κ1) is 21.4. The average molecular weight is 448 g/mol. The van der Waals surface area contributed by atoms with Gasteiger partial charge in [-0.15, -0.1) is 0 Å². The van der Waals surface area contributed by atoms with Crippen molar-refractivity contribution in [2.45, 2.75) is 57.4 Å². The summed E-state index contributed by atoms with van der Waals surface area (Å²) in [6.07, 6.45) is 5.64. The number of aryl methyl sites for hydroxylation is 1. The highest BCUT2D eigenvalue weighted by atomic mass is 16.2. The second-order valence-electron chi connectivity index (χ2n) is 9.57. The van der Waals surface area contributed by atoms with Crippen molar-refractivity contribution in [3.63, 3.8) is 0 Å². The minimum absolute atomic E-state index is 0.0720. The molecule has 3 amide bonds. The molecule has 2 fully saturated rings. The zero-order chi connectivity index (χ0) is 23.3. The number of anilines is 3. The Morgan fingerprint density at radius 1 is 1.27 bits per heavy atom. The Morgan fingerprint density at radius 2 is 2.06 bits per heavy atom. The molecule has 0 radical (unpaired) electrons. The van der Waals surface area contributed by atoms with E-state index in [-0.39, 0.29) is 17.4 Å². The van der Waals surface area contributed by atoms with E-state index >= 15 is 0 Å². The maximum absolute atomic E-state index is 13.3. The largest absolute Gasteiger partial charge is 0.383 e. The highest BCUT2D eigenvalue weighted by Crippen LogP contribution is 2.55. The smallest absolute Gasteiger partial charge is 0.313 e. The highest BCUT2D eigenvalue weighted by molar-refractivity contribution is 6.39. The number of nitrogen functional groups attached to an aromatic ring is 1. The molecule has 1 aromatic heterocycles. The van der Waals surface area contributed by atoms with E-state index in [4.69, 9.17) is 5.73 Å². The minimum atomic E-state index is -0.686. The van der Waals surface area contributed by atoms with Crippen molar-refractivity contribution in [1.29, 1.82) is 0 Å². The van der Waals surface area contributed by atoms with E-state index in [9.17, 15) is 14.4 Å². The summed E-state index contributed by atoms with van der Waals surface area (Å²) in [6.45, 7) is 4.55. The van der Waals surface area contributed by atoms with E-state index < -0.39 is 11.8 Å². The molecule has 8 heteroatoms. The average Bonchev–Trinajstić information content (AvgIpc) is 3.56. The zero-order valence-corrected chi connectivity index (χ0v) is 19.0. The van der Waals surface area contributed by atoms with Gasteiger partial charge in [-0.05, 0) is 66.8 Å². The van der Waals surface area contributed by atoms with Gasteiger partial charge in [0.25, 0.3) is 0 Å². The van der Waals surface area contributed by atoms with Gasteiger partial charge in [-0.1, -0.05) is 26.0 Å². The molecule has 33 heavy (non-hydrogen) atoms. The Bertz CT molecular complexity index is 1160. The summed E-state index contributed by atoms with van der Waals surface area (Å²) in [5.41, 5.74) is 9.62. The number of hydrogen-bond donors (Lipinski definition) is 3. The fraction of sp³-hybridized carbons (Fsp3) is 0.440. The molecular weight excluding hydrogens is 418 g/mol. The molecule has 2 atom stereocenters. The number of aromatic nitrogens is 1. The maximum atomic E-state index is 13.3. The Kier molecular flexibility index (Phi) is 5.11. The topological polar surface area (TPSA) is 117 Å². The number of carbonyl (C=O) groups is 3. The first-order valence-corrected chi connectivity index (χ1v) is 11.6. The molecule has 8 nitrogen and oxygen atoms in total. The third-order valence-electron chi connectivity index (χ3n) is 7.29. The number of carbonyl (C=O) groups excluding carboxylic acids is 3. The van der Waals surface area contributed by atoms with Gasteiger partial charge in [0.15, 0.2) is 0 Å². The molecule has 1 aromatic carbocycles.